The molecule has 0 atom stereocenters. The van der Waals surface area contributed by atoms with Gasteiger partial charge in [-0.15, -0.1) is 0 Å². The van der Waals surface area contributed by atoms with Crippen molar-refractivity contribution in [1.29, 1.82) is 5.26 Å². The van der Waals surface area contributed by atoms with Gasteiger partial charge in [-0.1, -0.05) is 17.7 Å². The van der Waals surface area contributed by atoms with Crippen LogP contribution in [0.3, 0.4) is 0 Å². The number of nitrogens with zero attached hydrogens (tertiary/aromatic N) is 2. The van der Waals surface area contributed by atoms with Crippen molar-refractivity contribution in [1.82, 2.24) is 5.32 Å². The topological polar surface area (TPSA) is 96.0 Å². The number of nitro benzene ring substituents is 1. The Morgan fingerprint density at radius 2 is 2.21 bits per heavy atom. The Kier molecular flexibility index (Phi) is 5.76. The second-order valence-corrected chi connectivity index (χ2v) is 4.14. The van der Waals surface area contributed by atoms with Gasteiger partial charge in [-0.3, -0.25) is 14.9 Å². The fourth-order valence-corrected chi connectivity index (χ4v) is 1.74. The standard InChI is InChI=1S/C12H12ClN3O3/c13-11-9(5-4-6-10(11)16(18)19)12(17)15-8-3-1-2-7-14/h4-6H,1-3,8H2,(H,15,17). The molecule has 0 aliphatic carbocycles. The van der Waals surface area contributed by atoms with E-state index in [9.17, 15) is 14.9 Å². The van der Waals surface area contributed by atoms with E-state index in [4.69, 9.17) is 16.9 Å². The van der Waals surface area contributed by atoms with Crippen LogP contribution in [0.4, 0.5) is 5.69 Å². The van der Waals surface area contributed by atoms with Gasteiger partial charge in [0.05, 0.1) is 16.6 Å². The molecule has 0 radical (unpaired) electrons. The first-order chi connectivity index (χ1) is 9.07. The fraction of sp³-hybridized carbons (Fsp3) is 0.333. The lowest BCUT2D eigenvalue weighted by atomic mass is 10.2. The van der Waals surface area contributed by atoms with E-state index in [0.717, 1.165) is 0 Å². The van der Waals surface area contributed by atoms with Crippen molar-refractivity contribution in [2.75, 3.05) is 6.54 Å². The number of carbonyl (C=O) groups is 1. The Bertz CT molecular complexity index is 525. The largest absolute Gasteiger partial charge is 0.352 e. The minimum absolute atomic E-state index is 0.0798. The number of nitrogens with one attached hydrogen (secondary N) is 1. The molecule has 7 heteroatoms. The maximum absolute atomic E-state index is 11.8. The second kappa shape index (κ2) is 7.34. The van der Waals surface area contributed by atoms with E-state index in [1.165, 1.54) is 18.2 Å². The average Bonchev–Trinajstić information content (AvgIpc) is 2.38. The van der Waals surface area contributed by atoms with E-state index in [0.29, 0.717) is 25.8 Å². The van der Waals surface area contributed by atoms with Crippen LogP contribution in [-0.4, -0.2) is 17.4 Å². The van der Waals surface area contributed by atoms with Crippen LogP contribution in [-0.2, 0) is 0 Å². The van der Waals surface area contributed by atoms with E-state index >= 15 is 0 Å². The number of benzene rings is 1. The minimum Gasteiger partial charge on any atom is -0.352 e. The Morgan fingerprint density at radius 1 is 1.47 bits per heavy atom. The molecule has 19 heavy (non-hydrogen) atoms. The van der Waals surface area contributed by atoms with Crippen LogP contribution in [0, 0.1) is 21.4 Å². The maximum atomic E-state index is 11.8. The molecule has 0 bridgehead atoms. The molecular formula is C12H12ClN3O3. The summed E-state index contributed by atoms with van der Waals surface area (Å²) >= 11 is 5.82. The number of rotatable bonds is 6. The van der Waals surface area contributed by atoms with E-state index < -0.39 is 10.8 Å². The number of hydrogen-bond donors (Lipinski definition) is 1. The third-order valence-electron chi connectivity index (χ3n) is 2.42. The minimum atomic E-state index is -0.633. The molecule has 1 rings (SSSR count). The second-order valence-electron chi connectivity index (χ2n) is 3.77. The van der Waals surface area contributed by atoms with E-state index in [1.54, 1.807) is 0 Å². The molecule has 0 fully saturated rings. The molecule has 0 aromatic heterocycles. The molecule has 1 amide bonds. The van der Waals surface area contributed by atoms with Gasteiger partial charge < -0.3 is 5.32 Å². The number of halogens is 1. The monoisotopic (exact) mass is 281 g/mol. The molecule has 6 nitrogen and oxygen atoms in total. The number of carbonyl (C=O) groups excluding carboxylic acids is 1. The molecule has 1 aromatic carbocycles. The van der Waals surface area contributed by atoms with Gasteiger partial charge in [0, 0.05) is 19.0 Å². The molecule has 0 heterocycles. The molecule has 0 aliphatic rings. The van der Waals surface area contributed by atoms with Gasteiger partial charge in [0.15, 0.2) is 0 Å². The van der Waals surface area contributed by atoms with E-state index in [-0.39, 0.29) is 16.3 Å². The Labute approximate surface area is 115 Å². The molecule has 1 aromatic rings. The van der Waals surface area contributed by atoms with Crippen molar-refractivity contribution in [3.8, 4) is 6.07 Å². The Morgan fingerprint density at radius 3 is 2.84 bits per heavy atom. The number of nitro groups is 1. The fourth-order valence-electron chi connectivity index (χ4n) is 1.46. The lowest BCUT2D eigenvalue weighted by molar-refractivity contribution is -0.384. The smallest absolute Gasteiger partial charge is 0.288 e. The number of unbranched alkanes of at least 4 members (excludes halogenated alkanes) is 2. The van der Waals surface area contributed by atoms with Gasteiger partial charge >= 0.3 is 0 Å². The van der Waals surface area contributed by atoms with E-state index in [1.807, 2.05) is 6.07 Å². The van der Waals surface area contributed by atoms with Gasteiger partial charge in [-0.25, -0.2) is 0 Å². The highest BCUT2D eigenvalue weighted by atomic mass is 35.5. The molecule has 100 valence electrons. The molecular weight excluding hydrogens is 270 g/mol. The van der Waals surface area contributed by atoms with Gasteiger partial charge in [0.2, 0.25) is 0 Å². The number of nitriles is 1. The first kappa shape index (κ1) is 14.9. The van der Waals surface area contributed by atoms with Crippen molar-refractivity contribution < 1.29 is 9.72 Å². The summed E-state index contributed by atoms with van der Waals surface area (Å²) in [5.41, 5.74) is -0.213. The van der Waals surface area contributed by atoms with Gasteiger partial charge in [-0.05, 0) is 18.9 Å². The van der Waals surface area contributed by atoms with Crippen LogP contribution in [0.1, 0.15) is 29.6 Å². The average molecular weight is 282 g/mol. The molecule has 0 aliphatic heterocycles. The van der Waals surface area contributed by atoms with Crippen LogP contribution < -0.4 is 5.32 Å². The van der Waals surface area contributed by atoms with Crippen LogP contribution in [0.25, 0.3) is 0 Å². The zero-order valence-electron chi connectivity index (χ0n) is 10.1. The van der Waals surface area contributed by atoms with Crippen LogP contribution >= 0.6 is 11.6 Å². The number of hydrogen-bond acceptors (Lipinski definition) is 4. The summed E-state index contributed by atoms with van der Waals surface area (Å²) in [7, 11) is 0. The molecule has 0 saturated carbocycles. The summed E-state index contributed by atoms with van der Waals surface area (Å²) in [6, 6.07) is 6.09. The van der Waals surface area contributed by atoms with Crippen molar-refractivity contribution in [3.05, 3.63) is 38.9 Å². The van der Waals surface area contributed by atoms with Crippen LogP contribution in [0.5, 0.6) is 0 Å². The van der Waals surface area contributed by atoms with Crippen LogP contribution in [0.15, 0.2) is 18.2 Å². The highest BCUT2D eigenvalue weighted by molar-refractivity contribution is 6.35. The molecule has 1 N–H and O–H groups in total. The first-order valence-corrected chi connectivity index (χ1v) is 6.03. The van der Waals surface area contributed by atoms with Crippen molar-refractivity contribution >= 4 is 23.2 Å². The highest BCUT2D eigenvalue weighted by Crippen LogP contribution is 2.27. The summed E-state index contributed by atoms with van der Waals surface area (Å²) in [6.45, 7) is 0.402. The zero-order valence-corrected chi connectivity index (χ0v) is 10.8. The first-order valence-electron chi connectivity index (χ1n) is 5.66. The van der Waals surface area contributed by atoms with Gasteiger partial charge in [-0.2, -0.15) is 5.26 Å². The molecule has 0 unspecified atom stereocenters. The Hall–Kier alpha value is -2.13. The summed E-state index contributed by atoms with van der Waals surface area (Å²) in [6.07, 6.45) is 1.80. The lowest BCUT2D eigenvalue weighted by Crippen LogP contribution is -2.24. The van der Waals surface area contributed by atoms with Crippen molar-refractivity contribution in [2.24, 2.45) is 0 Å². The number of amides is 1. The van der Waals surface area contributed by atoms with E-state index in [2.05, 4.69) is 5.32 Å². The molecule has 0 saturated heterocycles. The SMILES string of the molecule is N#CCCCCNC(=O)c1cccc([N+](=O)[O-])c1Cl. The summed E-state index contributed by atoms with van der Waals surface area (Å²) in [4.78, 5) is 21.8. The zero-order chi connectivity index (χ0) is 14.3. The van der Waals surface area contributed by atoms with Gasteiger partial charge in [0.1, 0.15) is 5.02 Å². The summed E-state index contributed by atoms with van der Waals surface area (Å²) in [5.74, 6) is -0.453. The third-order valence-corrected chi connectivity index (χ3v) is 2.82. The normalized spacial score (nSPS) is 9.68. The summed E-state index contributed by atoms with van der Waals surface area (Å²) in [5, 5.41) is 21.5. The van der Waals surface area contributed by atoms with Crippen molar-refractivity contribution in [3.63, 3.8) is 0 Å². The van der Waals surface area contributed by atoms with Crippen LogP contribution in [0.2, 0.25) is 5.02 Å². The lowest BCUT2D eigenvalue weighted by Gasteiger charge is -2.06. The van der Waals surface area contributed by atoms with Crippen molar-refractivity contribution in [2.45, 2.75) is 19.3 Å². The quantitative estimate of drug-likeness (QED) is 0.492. The third kappa shape index (κ3) is 4.23. The predicted octanol–water partition coefficient (Wildman–Crippen LogP) is 2.67. The summed E-state index contributed by atoms with van der Waals surface area (Å²) < 4.78 is 0. The molecule has 0 spiro atoms. The van der Waals surface area contributed by atoms with Gasteiger partial charge in [0.25, 0.3) is 11.6 Å². The maximum Gasteiger partial charge on any atom is 0.288 e. The highest BCUT2D eigenvalue weighted by Gasteiger charge is 2.19. The predicted molar refractivity (Wildman–Crippen MR) is 69.9 cm³/mol. The Balaban J connectivity index is 2.65.